The predicted octanol–water partition coefficient (Wildman–Crippen LogP) is 2.63. The maximum Gasteiger partial charge on any atom is 0.314 e. The number of aryl methyl sites for hydroxylation is 1. The number of nitrogens with one attached hydrogen (secondary N) is 2. The molecule has 3 heterocycles. The molecule has 0 spiro atoms. The van der Waals surface area contributed by atoms with Crippen molar-refractivity contribution < 1.29 is 4.79 Å². The number of rotatable bonds is 7. The van der Waals surface area contributed by atoms with Gasteiger partial charge in [0.1, 0.15) is 0 Å². The van der Waals surface area contributed by atoms with Crippen LogP contribution in [-0.4, -0.2) is 72.1 Å². The lowest BCUT2D eigenvalue weighted by Crippen LogP contribution is -2.50. The van der Waals surface area contributed by atoms with Gasteiger partial charge in [-0.15, -0.1) is 35.3 Å². The van der Waals surface area contributed by atoms with Crippen molar-refractivity contribution in [1.29, 1.82) is 0 Å². The standard InChI is InChI=1S/C21H37N7OS.HI/c1-3-19-25-18(15-30-19)14-27-9-5-16(6-10-27)13-24-21(23-4-2)26-17-7-11-28(12-8-17)20(22)29;/h15-17H,3-14H2,1-2H3,(H2,22,29)(H2,23,24,26);1H. The molecule has 31 heavy (non-hydrogen) atoms. The first-order valence-corrected chi connectivity index (χ1v) is 12.2. The van der Waals surface area contributed by atoms with E-state index in [1.165, 1.54) is 23.5 Å². The van der Waals surface area contributed by atoms with E-state index in [9.17, 15) is 4.79 Å². The summed E-state index contributed by atoms with van der Waals surface area (Å²) in [4.78, 5) is 25.1. The number of halogens is 1. The molecule has 0 saturated carbocycles. The van der Waals surface area contributed by atoms with Crippen LogP contribution in [0.1, 0.15) is 50.2 Å². The van der Waals surface area contributed by atoms with Crippen molar-refractivity contribution in [3.63, 3.8) is 0 Å². The lowest BCUT2D eigenvalue weighted by Gasteiger charge is -2.32. The number of hydrogen-bond acceptors (Lipinski definition) is 5. The second-order valence-corrected chi connectivity index (χ2v) is 9.21. The van der Waals surface area contributed by atoms with Gasteiger partial charge in [-0.25, -0.2) is 9.78 Å². The minimum absolute atomic E-state index is 0. The first kappa shape index (κ1) is 26.1. The van der Waals surface area contributed by atoms with E-state index in [1.54, 1.807) is 16.2 Å². The number of aromatic nitrogens is 1. The molecule has 176 valence electrons. The highest BCUT2D eigenvalue weighted by Gasteiger charge is 2.23. The van der Waals surface area contributed by atoms with E-state index in [4.69, 9.17) is 15.7 Å². The summed E-state index contributed by atoms with van der Waals surface area (Å²) in [6.45, 7) is 10.6. The first-order valence-electron chi connectivity index (χ1n) is 11.3. The second-order valence-electron chi connectivity index (χ2n) is 8.27. The zero-order valence-electron chi connectivity index (χ0n) is 18.8. The fraction of sp³-hybridized carbons (Fsp3) is 0.762. The third-order valence-electron chi connectivity index (χ3n) is 5.99. The summed E-state index contributed by atoms with van der Waals surface area (Å²) in [6.07, 6.45) is 5.21. The van der Waals surface area contributed by atoms with Gasteiger partial charge in [-0.2, -0.15) is 0 Å². The van der Waals surface area contributed by atoms with Crippen molar-refractivity contribution in [2.45, 2.75) is 58.5 Å². The van der Waals surface area contributed by atoms with Crippen molar-refractivity contribution in [1.82, 2.24) is 25.4 Å². The van der Waals surface area contributed by atoms with Crippen molar-refractivity contribution in [3.05, 3.63) is 16.1 Å². The Morgan fingerprint density at radius 3 is 2.52 bits per heavy atom. The van der Waals surface area contributed by atoms with E-state index >= 15 is 0 Å². The number of nitrogens with zero attached hydrogens (tertiary/aromatic N) is 4. The van der Waals surface area contributed by atoms with Gasteiger partial charge in [0.25, 0.3) is 0 Å². The van der Waals surface area contributed by atoms with Gasteiger partial charge in [-0.05, 0) is 58.0 Å². The molecule has 8 nitrogen and oxygen atoms in total. The molecule has 0 bridgehead atoms. The molecule has 10 heteroatoms. The predicted molar refractivity (Wildman–Crippen MR) is 138 cm³/mol. The molecule has 2 amide bonds. The number of hydrogen-bond donors (Lipinski definition) is 3. The minimum Gasteiger partial charge on any atom is -0.357 e. The average Bonchev–Trinajstić information content (AvgIpc) is 3.21. The van der Waals surface area contributed by atoms with Crippen LogP contribution in [0.25, 0.3) is 0 Å². The van der Waals surface area contributed by atoms with Crippen LogP contribution in [0.15, 0.2) is 10.4 Å². The Morgan fingerprint density at radius 1 is 1.23 bits per heavy atom. The quantitative estimate of drug-likeness (QED) is 0.269. The molecule has 2 saturated heterocycles. The third kappa shape index (κ3) is 8.38. The van der Waals surface area contributed by atoms with Crippen molar-refractivity contribution in [2.24, 2.45) is 16.6 Å². The van der Waals surface area contributed by atoms with Crippen LogP contribution in [-0.2, 0) is 13.0 Å². The number of guanidine groups is 1. The molecule has 2 aliphatic rings. The molecule has 1 aromatic heterocycles. The van der Waals surface area contributed by atoms with Gasteiger partial charge < -0.3 is 21.3 Å². The molecule has 2 aliphatic heterocycles. The number of likely N-dealkylation sites (tertiary alicyclic amines) is 2. The number of primary amides is 1. The Kier molecular flexibility index (Phi) is 11.3. The Balaban J connectivity index is 0.00000341. The third-order valence-corrected chi connectivity index (χ3v) is 7.04. The highest BCUT2D eigenvalue weighted by atomic mass is 127. The maximum absolute atomic E-state index is 11.3. The van der Waals surface area contributed by atoms with Crippen LogP contribution < -0.4 is 16.4 Å². The van der Waals surface area contributed by atoms with Crippen LogP contribution in [0.5, 0.6) is 0 Å². The van der Waals surface area contributed by atoms with Gasteiger partial charge in [0.05, 0.1) is 10.7 Å². The highest BCUT2D eigenvalue weighted by Crippen LogP contribution is 2.20. The molecule has 3 rings (SSSR count). The summed E-state index contributed by atoms with van der Waals surface area (Å²) >= 11 is 1.78. The molecule has 0 radical (unpaired) electrons. The van der Waals surface area contributed by atoms with Crippen LogP contribution in [0.3, 0.4) is 0 Å². The molecule has 4 N–H and O–H groups in total. The molecular formula is C21H38IN7OS. The molecular weight excluding hydrogens is 525 g/mol. The SMILES string of the molecule is CCNC(=NCC1CCN(Cc2csc(CC)n2)CC1)NC1CCN(C(N)=O)CC1.I. The normalized spacial score (nSPS) is 19.2. The topological polar surface area (TPSA) is 98.9 Å². The summed E-state index contributed by atoms with van der Waals surface area (Å²) in [5.41, 5.74) is 6.59. The first-order chi connectivity index (χ1) is 14.6. The summed E-state index contributed by atoms with van der Waals surface area (Å²) in [5.74, 6) is 1.53. The van der Waals surface area contributed by atoms with Gasteiger partial charge in [-0.1, -0.05) is 6.92 Å². The monoisotopic (exact) mass is 563 g/mol. The largest absolute Gasteiger partial charge is 0.357 e. The van der Waals surface area contributed by atoms with Gasteiger partial charge in [0.2, 0.25) is 0 Å². The van der Waals surface area contributed by atoms with E-state index in [0.717, 1.165) is 57.9 Å². The van der Waals surface area contributed by atoms with Crippen LogP contribution in [0.2, 0.25) is 0 Å². The maximum atomic E-state index is 11.3. The number of nitrogens with two attached hydrogens (primary N) is 1. The molecule has 2 fully saturated rings. The lowest BCUT2D eigenvalue weighted by atomic mass is 9.97. The van der Waals surface area contributed by atoms with Crippen LogP contribution in [0, 0.1) is 5.92 Å². The van der Waals surface area contributed by atoms with E-state index in [2.05, 4.69) is 34.8 Å². The number of carbonyl (C=O) groups is 1. The van der Waals surface area contributed by atoms with Gasteiger partial charge in [0.15, 0.2) is 5.96 Å². The zero-order valence-corrected chi connectivity index (χ0v) is 22.0. The highest BCUT2D eigenvalue weighted by molar-refractivity contribution is 14.0. The second kappa shape index (κ2) is 13.4. The van der Waals surface area contributed by atoms with E-state index < -0.39 is 0 Å². The van der Waals surface area contributed by atoms with Crippen LogP contribution in [0.4, 0.5) is 4.79 Å². The number of thiazole rings is 1. The molecule has 0 aromatic carbocycles. The number of aliphatic imine (C=N–C) groups is 1. The van der Waals surface area contributed by atoms with Crippen LogP contribution >= 0.6 is 35.3 Å². The van der Waals surface area contributed by atoms with E-state index in [0.29, 0.717) is 25.0 Å². The Hall–Kier alpha value is -1.14. The van der Waals surface area contributed by atoms with Crippen molar-refractivity contribution in [3.8, 4) is 0 Å². The Morgan fingerprint density at radius 2 is 1.94 bits per heavy atom. The van der Waals surface area contributed by atoms with Crippen molar-refractivity contribution in [2.75, 3.05) is 39.3 Å². The molecule has 0 unspecified atom stereocenters. The van der Waals surface area contributed by atoms with E-state index in [1.807, 2.05) is 0 Å². The van der Waals surface area contributed by atoms with Gasteiger partial charge >= 0.3 is 6.03 Å². The number of urea groups is 1. The Bertz CT molecular complexity index is 698. The van der Waals surface area contributed by atoms with Gasteiger partial charge in [-0.3, -0.25) is 9.89 Å². The Labute approximate surface area is 207 Å². The fourth-order valence-corrected chi connectivity index (χ4v) is 4.85. The lowest BCUT2D eigenvalue weighted by molar-refractivity contribution is 0.179. The summed E-state index contributed by atoms with van der Waals surface area (Å²) < 4.78 is 0. The number of piperidine rings is 2. The summed E-state index contributed by atoms with van der Waals surface area (Å²) in [7, 11) is 0. The van der Waals surface area contributed by atoms with Gasteiger partial charge in [0, 0.05) is 44.1 Å². The zero-order chi connectivity index (χ0) is 21.3. The molecule has 0 aliphatic carbocycles. The van der Waals surface area contributed by atoms with Crippen molar-refractivity contribution >= 4 is 47.3 Å². The molecule has 0 atom stereocenters. The molecule has 1 aromatic rings. The average molecular weight is 564 g/mol. The summed E-state index contributed by atoms with van der Waals surface area (Å²) in [5, 5.41) is 10.4. The number of amides is 2. The minimum atomic E-state index is -0.319. The fourth-order valence-electron chi connectivity index (χ4n) is 4.12. The smallest absolute Gasteiger partial charge is 0.314 e. The summed E-state index contributed by atoms with van der Waals surface area (Å²) in [6, 6.07) is 0.0207. The van der Waals surface area contributed by atoms with E-state index in [-0.39, 0.29) is 30.0 Å². The number of carbonyl (C=O) groups excluding carboxylic acids is 1.